The van der Waals surface area contributed by atoms with Gasteiger partial charge in [0.25, 0.3) is 5.69 Å². The van der Waals surface area contributed by atoms with Crippen LogP contribution in [0.15, 0.2) is 18.2 Å². The van der Waals surface area contributed by atoms with Gasteiger partial charge in [0.2, 0.25) is 0 Å². The van der Waals surface area contributed by atoms with E-state index in [9.17, 15) is 15.2 Å². The average Bonchev–Trinajstić information content (AvgIpc) is 2.30. The molecule has 0 saturated heterocycles. The zero-order valence-corrected chi connectivity index (χ0v) is 10.1. The Morgan fingerprint density at radius 1 is 1.53 bits per heavy atom. The van der Waals surface area contributed by atoms with E-state index in [1.165, 1.54) is 6.07 Å². The smallest absolute Gasteiger partial charge is 0.274 e. The fraction of sp³-hybridized carbons (Fsp3) is 0.500. The SMILES string of the molecule is CCC(O)CCNc1ccc(C)c([N+](=O)[O-])c1. The molecular formula is C12H18N2O3. The van der Waals surface area contributed by atoms with Crippen molar-refractivity contribution in [1.82, 2.24) is 0 Å². The number of benzene rings is 1. The molecule has 0 radical (unpaired) electrons. The summed E-state index contributed by atoms with van der Waals surface area (Å²) in [5.41, 5.74) is 1.48. The van der Waals surface area contributed by atoms with Crippen molar-refractivity contribution >= 4 is 11.4 Å². The first-order valence-corrected chi connectivity index (χ1v) is 5.71. The minimum absolute atomic E-state index is 0.117. The third kappa shape index (κ3) is 4.03. The summed E-state index contributed by atoms with van der Waals surface area (Å²) < 4.78 is 0. The zero-order chi connectivity index (χ0) is 12.8. The molecule has 5 heteroatoms. The Morgan fingerprint density at radius 2 is 2.24 bits per heavy atom. The van der Waals surface area contributed by atoms with Crippen LogP contribution in [0.1, 0.15) is 25.3 Å². The maximum atomic E-state index is 10.7. The van der Waals surface area contributed by atoms with Gasteiger partial charge < -0.3 is 10.4 Å². The lowest BCUT2D eigenvalue weighted by atomic mass is 10.1. The van der Waals surface area contributed by atoms with Crippen molar-refractivity contribution in [2.75, 3.05) is 11.9 Å². The van der Waals surface area contributed by atoms with Gasteiger partial charge in [0.1, 0.15) is 0 Å². The Labute approximate surface area is 101 Å². The molecule has 1 unspecified atom stereocenters. The maximum Gasteiger partial charge on any atom is 0.274 e. The predicted molar refractivity (Wildman–Crippen MR) is 67.2 cm³/mol. The Morgan fingerprint density at radius 3 is 2.82 bits per heavy atom. The molecule has 0 aliphatic rings. The molecule has 0 bridgehead atoms. The lowest BCUT2D eigenvalue weighted by Crippen LogP contribution is -2.12. The summed E-state index contributed by atoms with van der Waals surface area (Å²) in [6.07, 6.45) is 1.04. The van der Waals surface area contributed by atoms with Gasteiger partial charge in [-0.3, -0.25) is 10.1 Å². The third-order valence-electron chi connectivity index (χ3n) is 2.68. The molecule has 2 N–H and O–H groups in total. The van der Waals surface area contributed by atoms with Crippen LogP contribution in [0.5, 0.6) is 0 Å². The van der Waals surface area contributed by atoms with Gasteiger partial charge >= 0.3 is 0 Å². The molecule has 1 aromatic carbocycles. The van der Waals surface area contributed by atoms with Crippen molar-refractivity contribution in [2.24, 2.45) is 0 Å². The van der Waals surface area contributed by atoms with Crippen molar-refractivity contribution in [3.05, 3.63) is 33.9 Å². The second-order valence-corrected chi connectivity index (χ2v) is 4.04. The van der Waals surface area contributed by atoms with Gasteiger partial charge in [0.05, 0.1) is 11.0 Å². The number of aliphatic hydroxyl groups excluding tert-OH is 1. The van der Waals surface area contributed by atoms with E-state index in [1.54, 1.807) is 19.1 Å². The number of nitrogens with zero attached hydrogens (tertiary/aromatic N) is 1. The minimum atomic E-state index is -0.387. The zero-order valence-electron chi connectivity index (χ0n) is 10.1. The third-order valence-corrected chi connectivity index (χ3v) is 2.68. The Kier molecular flexibility index (Phi) is 4.90. The van der Waals surface area contributed by atoms with Crippen LogP contribution >= 0.6 is 0 Å². The van der Waals surface area contributed by atoms with Crippen LogP contribution in [0.25, 0.3) is 0 Å². The first-order chi connectivity index (χ1) is 8.04. The summed E-state index contributed by atoms with van der Waals surface area (Å²) >= 11 is 0. The molecule has 0 saturated carbocycles. The van der Waals surface area contributed by atoms with Crippen LogP contribution < -0.4 is 5.32 Å². The van der Waals surface area contributed by atoms with E-state index in [-0.39, 0.29) is 16.7 Å². The molecular weight excluding hydrogens is 220 g/mol. The predicted octanol–water partition coefficient (Wildman–Crippen LogP) is 2.48. The van der Waals surface area contributed by atoms with E-state index in [2.05, 4.69) is 5.32 Å². The monoisotopic (exact) mass is 238 g/mol. The number of anilines is 1. The number of nitro groups is 1. The minimum Gasteiger partial charge on any atom is -0.393 e. The van der Waals surface area contributed by atoms with Crippen LogP contribution in [-0.2, 0) is 0 Å². The topological polar surface area (TPSA) is 75.4 Å². The Balaban J connectivity index is 2.60. The second kappa shape index (κ2) is 6.20. The van der Waals surface area contributed by atoms with Gasteiger partial charge in [0, 0.05) is 23.9 Å². The normalized spacial score (nSPS) is 12.2. The molecule has 94 valence electrons. The molecule has 1 aromatic rings. The molecule has 0 aliphatic carbocycles. The van der Waals surface area contributed by atoms with Crippen LogP contribution in [0.2, 0.25) is 0 Å². The van der Waals surface area contributed by atoms with Crippen LogP contribution in [0, 0.1) is 17.0 Å². The highest BCUT2D eigenvalue weighted by atomic mass is 16.6. The molecule has 1 atom stereocenters. The molecule has 0 spiro atoms. The molecule has 5 nitrogen and oxygen atoms in total. The number of nitro benzene ring substituents is 1. The second-order valence-electron chi connectivity index (χ2n) is 4.04. The first-order valence-electron chi connectivity index (χ1n) is 5.71. The molecule has 17 heavy (non-hydrogen) atoms. The highest BCUT2D eigenvalue weighted by Gasteiger charge is 2.10. The van der Waals surface area contributed by atoms with Gasteiger partial charge in [-0.15, -0.1) is 0 Å². The van der Waals surface area contributed by atoms with Crippen molar-refractivity contribution in [1.29, 1.82) is 0 Å². The number of hydrogen-bond acceptors (Lipinski definition) is 4. The molecule has 1 rings (SSSR count). The van der Waals surface area contributed by atoms with E-state index < -0.39 is 0 Å². The Hall–Kier alpha value is -1.62. The molecule has 0 aromatic heterocycles. The fourth-order valence-electron chi connectivity index (χ4n) is 1.50. The van der Waals surface area contributed by atoms with E-state index >= 15 is 0 Å². The highest BCUT2D eigenvalue weighted by Crippen LogP contribution is 2.22. The maximum absolute atomic E-state index is 10.7. The summed E-state index contributed by atoms with van der Waals surface area (Å²) in [7, 11) is 0. The summed E-state index contributed by atoms with van der Waals surface area (Å²) in [6.45, 7) is 4.24. The van der Waals surface area contributed by atoms with Crippen LogP contribution in [0.4, 0.5) is 11.4 Å². The average molecular weight is 238 g/mol. The quantitative estimate of drug-likeness (QED) is 0.589. The van der Waals surface area contributed by atoms with E-state index in [0.29, 0.717) is 24.2 Å². The van der Waals surface area contributed by atoms with Crippen molar-refractivity contribution in [3.8, 4) is 0 Å². The van der Waals surface area contributed by atoms with Gasteiger partial charge in [-0.1, -0.05) is 13.0 Å². The number of aryl methyl sites for hydroxylation is 1. The number of rotatable bonds is 6. The molecule has 0 heterocycles. The van der Waals surface area contributed by atoms with E-state index in [0.717, 1.165) is 6.42 Å². The van der Waals surface area contributed by atoms with Crippen LogP contribution in [0.3, 0.4) is 0 Å². The Bertz CT molecular complexity index is 393. The van der Waals surface area contributed by atoms with Gasteiger partial charge in [-0.2, -0.15) is 0 Å². The summed E-state index contributed by atoms with van der Waals surface area (Å²) in [5, 5.41) is 23.2. The summed E-state index contributed by atoms with van der Waals surface area (Å²) in [6, 6.07) is 5.05. The van der Waals surface area contributed by atoms with E-state index in [4.69, 9.17) is 0 Å². The number of nitrogens with one attached hydrogen (secondary N) is 1. The van der Waals surface area contributed by atoms with E-state index in [1.807, 2.05) is 6.92 Å². The van der Waals surface area contributed by atoms with Crippen molar-refractivity contribution < 1.29 is 10.0 Å². The lowest BCUT2D eigenvalue weighted by molar-refractivity contribution is -0.385. The van der Waals surface area contributed by atoms with Crippen molar-refractivity contribution in [3.63, 3.8) is 0 Å². The number of hydrogen-bond donors (Lipinski definition) is 2. The van der Waals surface area contributed by atoms with Gasteiger partial charge in [-0.25, -0.2) is 0 Å². The van der Waals surface area contributed by atoms with Gasteiger partial charge in [-0.05, 0) is 25.8 Å². The number of aliphatic hydroxyl groups is 1. The first kappa shape index (κ1) is 13.4. The lowest BCUT2D eigenvalue weighted by Gasteiger charge is -2.10. The largest absolute Gasteiger partial charge is 0.393 e. The summed E-state index contributed by atoms with van der Waals surface area (Å²) in [4.78, 5) is 10.4. The van der Waals surface area contributed by atoms with Gasteiger partial charge in [0.15, 0.2) is 0 Å². The molecule has 0 fully saturated rings. The standard InChI is InChI=1S/C12H18N2O3/c1-3-11(15)6-7-13-10-5-4-9(2)12(8-10)14(16)17/h4-5,8,11,13,15H,3,6-7H2,1-2H3. The summed E-state index contributed by atoms with van der Waals surface area (Å²) in [5.74, 6) is 0. The fourth-order valence-corrected chi connectivity index (χ4v) is 1.50. The van der Waals surface area contributed by atoms with Crippen molar-refractivity contribution in [2.45, 2.75) is 32.8 Å². The highest BCUT2D eigenvalue weighted by molar-refractivity contribution is 5.54. The molecule has 0 amide bonds. The molecule has 0 aliphatic heterocycles. The van der Waals surface area contributed by atoms with Crippen LogP contribution in [-0.4, -0.2) is 22.7 Å².